The number of rotatable bonds is 11. The van der Waals surface area contributed by atoms with Crippen LogP contribution >= 0.6 is 0 Å². The molecule has 1 fully saturated rings. The number of hydrogen-bond acceptors (Lipinski definition) is 7. The first kappa shape index (κ1) is 24.2. The number of carbonyl (C=O) groups is 2. The third kappa shape index (κ3) is 6.35. The fraction of sp³-hybridized carbons (Fsp3) is 0.333. The van der Waals surface area contributed by atoms with Crippen molar-refractivity contribution in [1.29, 1.82) is 0 Å². The highest BCUT2D eigenvalue weighted by Gasteiger charge is 2.25. The van der Waals surface area contributed by atoms with E-state index in [1.54, 1.807) is 25.1 Å². The Kier molecular flexibility index (Phi) is 7.60. The lowest BCUT2D eigenvalue weighted by molar-refractivity contribution is -0.142. The summed E-state index contributed by atoms with van der Waals surface area (Å²) in [6.45, 7) is 7.95. The quantitative estimate of drug-likeness (QED) is 0.177. The summed E-state index contributed by atoms with van der Waals surface area (Å²) in [6, 6.07) is 11.6. The SMILES string of the molecule is C=NN(/C=C(\C)C(=O)OCc1ccccc1)Cc1cn2cc(C3CC3)cc(CC(=O)OCC)c2n1. The topological polar surface area (TPSA) is 85.5 Å². The zero-order chi connectivity index (χ0) is 24.8. The van der Waals surface area contributed by atoms with Gasteiger partial charge in [0.25, 0.3) is 0 Å². The van der Waals surface area contributed by atoms with Gasteiger partial charge < -0.3 is 13.9 Å². The van der Waals surface area contributed by atoms with Gasteiger partial charge >= 0.3 is 11.9 Å². The monoisotopic (exact) mass is 474 g/mol. The van der Waals surface area contributed by atoms with Gasteiger partial charge in [0.15, 0.2) is 0 Å². The van der Waals surface area contributed by atoms with E-state index < -0.39 is 5.97 Å². The predicted molar refractivity (Wildman–Crippen MR) is 133 cm³/mol. The summed E-state index contributed by atoms with van der Waals surface area (Å²) in [5.74, 6) is -0.165. The number of imidazole rings is 1. The van der Waals surface area contributed by atoms with Gasteiger partial charge in [0, 0.05) is 30.9 Å². The lowest BCUT2D eigenvalue weighted by Gasteiger charge is -2.13. The molecule has 8 heteroatoms. The normalized spacial score (nSPS) is 13.5. The number of hydrazone groups is 1. The highest BCUT2D eigenvalue weighted by atomic mass is 16.5. The maximum Gasteiger partial charge on any atom is 0.335 e. The van der Waals surface area contributed by atoms with Crippen molar-refractivity contribution in [3.63, 3.8) is 0 Å². The van der Waals surface area contributed by atoms with Crippen molar-refractivity contribution in [2.45, 2.75) is 52.2 Å². The number of ether oxygens (including phenoxy) is 2. The molecule has 1 saturated carbocycles. The van der Waals surface area contributed by atoms with Crippen molar-refractivity contribution < 1.29 is 19.1 Å². The van der Waals surface area contributed by atoms with Crippen molar-refractivity contribution in [3.8, 4) is 0 Å². The minimum absolute atomic E-state index is 0.171. The molecule has 0 saturated heterocycles. The molecule has 0 radical (unpaired) electrons. The van der Waals surface area contributed by atoms with Gasteiger partial charge in [-0.25, -0.2) is 9.78 Å². The van der Waals surface area contributed by atoms with E-state index in [-0.39, 0.29) is 19.0 Å². The Morgan fingerprint density at radius 2 is 2.00 bits per heavy atom. The van der Waals surface area contributed by atoms with Crippen LogP contribution in [-0.4, -0.2) is 39.7 Å². The van der Waals surface area contributed by atoms with Crippen molar-refractivity contribution in [2.75, 3.05) is 6.61 Å². The third-order valence-corrected chi connectivity index (χ3v) is 5.77. The Hall–Kier alpha value is -3.94. The highest BCUT2D eigenvalue weighted by Crippen LogP contribution is 2.40. The average Bonchev–Trinajstić information content (AvgIpc) is 3.62. The molecule has 1 aliphatic rings. The Balaban J connectivity index is 1.49. The number of benzene rings is 1. The summed E-state index contributed by atoms with van der Waals surface area (Å²) >= 11 is 0. The smallest absolute Gasteiger partial charge is 0.335 e. The molecule has 182 valence electrons. The van der Waals surface area contributed by atoms with E-state index in [1.165, 1.54) is 5.56 Å². The zero-order valence-corrected chi connectivity index (χ0v) is 20.1. The van der Waals surface area contributed by atoms with Crippen LogP contribution < -0.4 is 0 Å². The number of aromatic nitrogens is 2. The first-order chi connectivity index (χ1) is 17.0. The van der Waals surface area contributed by atoms with E-state index >= 15 is 0 Å². The van der Waals surface area contributed by atoms with Gasteiger partial charge in [-0.3, -0.25) is 9.80 Å². The Bertz CT molecular complexity index is 1240. The van der Waals surface area contributed by atoms with Crippen LogP contribution in [0.25, 0.3) is 5.65 Å². The molecule has 0 aliphatic heterocycles. The van der Waals surface area contributed by atoms with E-state index in [0.29, 0.717) is 30.3 Å². The van der Waals surface area contributed by atoms with Gasteiger partial charge in [-0.2, -0.15) is 5.10 Å². The van der Waals surface area contributed by atoms with Crippen LogP contribution in [0, 0.1) is 0 Å². The van der Waals surface area contributed by atoms with Crippen LogP contribution in [0.4, 0.5) is 0 Å². The Labute approximate surface area is 204 Å². The van der Waals surface area contributed by atoms with Gasteiger partial charge in [0.05, 0.1) is 30.8 Å². The lowest BCUT2D eigenvalue weighted by atomic mass is 10.1. The average molecular weight is 475 g/mol. The van der Waals surface area contributed by atoms with Gasteiger partial charge in [-0.1, -0.05) is 30.3 Å². The number of pyridine rings is 1. The fourth-order valence-corrected chi connectivity index (χ4v) is 3.87. The second kappa shape index (κ2) is 11.0. The maximum absolute atomic E-state index is 12.4. The minimum Gasteiger partial charge on any atom is -0.466 e. The highest BCUT2D eigenvalue weighted by molar-refractivity contribution is 5.87. The van der Waals surface area contributed by atoms with Crippen molar-refractivity contribution in [3.05, 3.63) is 82.9 Å². The molecule has 3 aromatic rings. The lowest BCUT2D eigenvalue weighted by Crippen LogP contribution is -2.14. The van der Waals surface area contributed by atoms with Crippen molar-refractivity contribution in [2.24, 2.45) is 5.10 Å². The van der Waals surface area contributed by atoms with Crippen LogP contribution in [-0.2, 0) is 38.6 Å². The molecule has 1 aromatic carbocycles. The first-order valence-electron chi connectivity index (χ1n) is 11.8. The number of carbonyl (C=O) groups excluding carboxylic acids is 2. The summed E-state index contributed by atoms with van der Waals surface area (Å²) in [5, 5.41) is 5.57. The number of fused-ring (bicyclic) bond motifs is 1. The fourth-order valence-electron chi connectivity index (χ4n) is 3.87. The summed E-state index contributed by atoms with van der Waals surface area (Å²) in [6.07, 6.45) is 8.08. The Morgan fingerprint density at radius 3 is 2.69 bits per heavy atom. The summed E-state index contributed by atoms with van der Waals surface area (Å²) < 4.78 is 12.5. The second-order valence-electron chi connectivity index (χ2n) is 8.63. The summed E-state index contributed by atoms with van der Waals surface area (Å²) in [7, 11) is 0. The molecular formula is C27H30N4O4. The molecule has 0 N–H and O–H groups in total. The minimum atomic E-state index is -0.427. The van der Waals surface area contributed by atoms with E-state index in [4.69, 9.17) is 14.5 Å². The number of esters is 2. The first-order valence-corrected chi connectivity index (χ1v) is 11.8. The van der Waals surface area contributed by atoms with E-state index in [1.807, 2.05) is 40.9 Å². The molecule has 35 heavy (non-hydrogen) atoms. The molecule has 2 aromatic heterocycles. The third-order valence-electron chi connectivity index (χ3n) is 5.77. The molecular weight excluding hydrogens is 444 g/mol. The van der Waals surface area contributed by atoms with Crippen LogP contribution in [0.2, 0.25) is 0 Å². The standard InChI is InChI=1S/C27H30N4O4/c1-4-34-25(32)13-22-12-23(21-10-11-21)15-30-16-24(29-26(22)30)17-31(28-3)14-19(2)27(33)35-18-20-8-6-5-7-9-20/h5-9,12,14-16,21H,3-4,10-11,13,17-18H2,1-2H3/b19-14+. The molecule has 0 spiro atoms. The molecule has 1 aliphatic carbocycles. The van der Waals surface area contributed by atoms with Crippen LogP contribution in [0.5, 0.6) is 0 Å². The van der Waals surface area contributed by atoms with Crippen molar-refractivity contribution in [1.82, 2.24) is 14.4 Å². The van der Waals surface area contributed by atoms with Crippen LogP contribution in [0.15, 0.2) is 65.7 Å². The molecule has 0 unspecified atom stereocenters. The molecule has 0 atom stereocenters. The number of nitrogens with zero attached hydrogens (tertiary/aromatic N) is 4. The zero-order valence-electron chi connectivity index (χ0n) is 20.1. The second-order valence-corrected chi connectivity index (χ2v) is 8.63. The van der Waals surface area contributed by atoms with Gasteiger partial charge in [0.1, 0.15) is 12.3 Å². The molecule has 8 nitrogen and oxygen atoms in total. The molecule has 0 bridgehead atoms. The number of hydrogen-bond donors (Lipinski definition) is 0. The van der Waals surface area contributed by atoms with Gasteiger partial charge in [-0.05, 0) is 49.8 Å². The van der Waals surface area contributed by atoms with Crippen LogP contribution in [0.3, 0.4) is 0 Å². The molecule has 4 rings (SSSR count). The van der Waals surface area contributed by atoms with E-state index in [9.17, 15) is 9.59 Å². The molecule has 0 amide bonds. The van der Waals surface area contributed by atoms with Gasteiger partial charge in [-0.15, -0.1) is 0 Å². The predicted octanol–water partition coefficient (Wildman–Crippen LogP) is 4.38. The molecule has 2 heterocycles. The van der Waals surface area contributed by atoms with Crippen LogP contribution in [0.1, 0.15) is 55.0 Å². The summed E-state index contributed by atoms with van der Waals surface area (Å²) in [5.41, 5.74) is 4.81. The summed E-state index contributed by atoms with van der Waals surface area (Å²) in [4.78, 5) is 29.3. The van der Waals surface area contributed by atoms with E-state index in [0.717, 1.165) is 29.7 Å². The van der Waals surface area contributed by atoms with E-state index in [2.05, 4.69) is 24.1 Å². The maximum atomic E-state index is 12.4. The van der Waals surface area contributed by atoms with Crippen molar-refractivity contribution >= 4 is 24.3 Å². The largest absolute Gasteiger partial charge is 0.466 e. The van der Waals surface area contributed by atoms with Gasteiger partial charge in [0.2, 0.25) is 0 Å². The Morgan fingerprint density at radius 1 is 1.23 bits per heavy atom.